The van der Waals surface area contributed by atoms with Crippen LogP contribution >= 0.6 is 0 Å². The number of nitrogens with zero attached hydrogens (tertiary/aromatic N) is 2. The fraction of sp³-hybridized carbons (Fsp3) is 0.722. The van der Waals surface area contributed by atoms with Crippen LogP contribution in [-0.4, -0.2) is 71.9 Å². The van der Waals surface area contributed by atoms with Gasteiger partial charge >= 0.3 is 12.2 Å². The molecule has 146 valence electrons. The number of imide groups is 1. The zero-order valence-electron chi connectivity index (χ0n) is 15.7. The minimum atomic E-state index is -0.600. The van der Waals surface area contributed by atoms with Gasteiger partial charge in [-0.2, -0.15) is 0 Å². The molecule has 26 heavy (non-hydrogen) atoms. The van der Waals surface area contributed by atoms with Gasteiger partial charge in [0, 0.05) is 12.5 Å². The molecular formula is C18H28N2O6. The highest BCUT2D eigenvalue weighted by Crippen LogP contribution is 2.26. The van der Waals surface area contributed by atoms with Crippen molar-refractivity contribution in [1.29, 1.82) is 0 Å². The highest BCUT2D eigenvalue weighted by Gasteiger charge is 2.38. The van der Waals surface area contributed by atoms with E-state index in [4.69, 9.17) is 14.2 Å². The molecule has 0 aromatic rings. The summed E-state index contributed by atoms with van der Waals surface area (Å²) in [6.45, 7) is 10.4. The van der Waals surface area contributed by atoms with Crippen LogP contribution in [0.15, 0.2) is 12.7 Å². The molecule has 0 aromatic carbocycles. The van der Waals surface area contributed by atoms with Crippen LogP contribution in [0.5, 0.6) is 0 Å². The summed E-state index contributed by atoms with van der Waals surface area (Å²) in [7, 11) is 0. The Balaban J connectivity index is 1.96. The zero-order valence-corrected chi connectivity index (χ0v) is 15.7. The number of likely N-dealkylation sites (tertiary alicyclic amines) is 1. The molecule has 0 aromatic heterocycles. The van der Waals surface area contributed by atoms with E-state index < -0.39 is 17.8 Å². The van der Waals surface area contributed by atoms with Gasteiger partial charge in [0.15, 0.2) is 0 Å². The summed E-state index contributed by atoms with van der Waals surface area (Å²) in [5.41, 5.74) is -0.600. The molecule has 8 heteroatoms. The van der Waals surface area contributed by atoms with Crippen LogP contribution in [0.2, 0.25) is 0 Å². The summed E-state index contributed by atoms with van der Waals surface area (Å²) < 4.78 is 15.9. The molecule has 0 aliphatic carbocycles. The Kier molecular flexibility index (Phi) is 6.63. The van der Waals surface area contributed by atoms with E-state index in [1.165, 1.54) is 0 Å². The average molecular weight is 368 g/mol. The van der Waals surface area contributed by atoms with Crippen molar-refractivity contribution in [1.82, 2.24) is 9.80 Å². The summed E-state index contributed by atoms with van der Waals surface area (Å²) in [6.07, 6.45) is 1.73. The molecule has 0 spiro atoms. The van der Waals surface area contributed by atoms with Crippen molar-refractivity contribution in [3.8, 4) is 0 Å². The third-order valence-electron chi connectivity index (χ3n) is 4.21. The molecule has 0 radical (unpaired) electrons. The fourth-order valence-corrected chi connectivity index (χ4v) is 3.06. The number of cyclic esters (lactones) is 1. The van der Waals surface area contributed by atoms with Gasteiger partial charge in [-0.15, -0.1) is 6.58 Å². The van der Waals surface area contributed by atoms with E-state index in [1.54, 1.807) is 11.0 Å². The number of hydrogen-bond acceptors (Lipinski definition) is 6. The lowest BCUT2D eigenvalue weighted by Crippen LogP contribution is -2.41. The predicted octanol–water partition coefficient (Wildman–Crippen LogP) is 2.33. The van der Waals surface area contributed by atoms with Gasteiger partial charge in [-0.25, -0.2) is 14.5 Å². The maximum atomic E-state index is 12.5. The molecule has 2 heterocycles. The van der Waals surface area contributed by atoms with Crippen molar-refractivity contribution in [2.75, 3.05) is 26.3 Å². The molecule has 2 rings (SSSR count). The second kappa shape index (κ2) is 8.53. The Bertz CT molecular complexity index is 556. The Labute approximate surface area is 154 Å². The molecule has 2 fully saturated rings. The van der Waals surface area contributed by atoms with Gasteiger partial charge in [-0.05, 0) is 33.6 Å². The van der Waals surface area contributed by atoms with Crippen LogP contribution in [0.4, 0.5) is 9.59 Å². The minimum Gasteiger partial charge on any atom is -0.447 e. The van der Waals surface area contributed by atoms with Crippen LogP contribution in [0.3, 0.4) is 0 Å². The van der Waals surface area contributed by atoms with Gasteiger partial charge in [0.2, 0.25) is 5.91 Å². The van der Waals surface area contributed by atoms with E-state index >= 15 is 0 Å². The maximum Gasteiger partial charge on any atom is 0.416 e. The minimum absolute atomic E-state index is 0.127. The summed E-state index contributed by atoms with van der Waals surface area (Å²) in [5.74, 6) is -0.285. The molecule has 2 atom stereocenters. The van der Waals surface area contributed by atoms with Gasteiger partial charge in [0.05, 0.1) is 25.8 Å². The normalized spacial score (nSPS) is 23.1. The molecular weight excluding hydrogens is 340 g/mol. The first-order valence-electron chi connectivity index (χ1n) is 8.90. The van der Waals surface area contributed by atoms with Gasteiger partial charge in [0.1, 0.15) is 12.2 Å². The molecule has 2 unspecified atom stereocenters. The number of amides is 3. The van der Waals surface area contributed by atoms with Crippen molar-refractivity contribution in [2.24, 2.45) is 0 Å². The van der Waals surface area contributed by atoms with E-state index in [1.807, 2.05) is 20.8 Å². The monoisotopic (exact) mass is 368 g/mol. The number of carbonyl (C=O) groups excluding carboxylic acids is 3. The fourth-order valence-electron chi connectivity index (χ4n) is 3.06. The van der Waals surface area contributed by atoms with E-state index in [0.29, 0.717) is 26.0 Å². The van der Waals surface area contributed by atoms with E-state index in [2.05, 4.69) is 6.58 Å². The van der Waals surface area contributed by atoms with Crippen LogP contribution in [0.1, 0.15) is 40.0 Å². The molecule has 0 N–H and O–H groups in total. The zero-order chi connectivity index (χ0) is 19.3. The standard InChI is InChI=1S/C18H28N2O6/c1-5-9-24-14-11-13(20(12-14)17(23)26-18(2,3)4)6-7-15(21)19-8-10-25-16(19)22/h5,13-14H,1,6-12H2,2-4H3. The molecule has 2 aliphatic rings. The summed E-state index contributed by atoms with van der Waals surface area (Å²) in [5, 5.41) is 0. The SMILES string of the molecule is C=CCOC1CC(CCC(=O)N2CCOC2=O)N(C(=O)OC(C)(C)C)C1. The van der Waals surface area contributed by atoms with Crippen molar-refractivity contribution in [2.45, 2.75) is 57.8 Å². The number of ether oxygens (including phenoxy) is 3. The Morgan fingerprint density at radius 1 is 1.38 bits per heavy atom. The second-order valence-corrected chi connectivity index (χ2v) is 7.46. The Morgan fingerprint density at radius 2 is 2.12 bits per heavy atom. The lowest BCUT2D eigenvalue weighted by Gasteiger charge is -2.28. The third-order valence-corrected chi connectivity index (χ3v) is 4.21. The summed E-state index contributed by atoms with van der Waals surface area (Å²) >= 11 is 0. The molecule has 3 amide bonds. The van der Waals surface area contributed by atoms with Crippen LogP contribution in [-0.2, 0) is 19.0 Å². The van der Waals surface area contributed by atoms with Crippen molar-refractivity contribution in [3.63, 3.8) is 0 Å². The van der Waals surface area contributed by atoms with Gasteiger partial charge in [0.25, 0.3) is 0 Å². The lowest BCUT2D eigenvalue weighted by molar-refractivity contribution is -0.128. The average Bonchev–Trinajstić information content (AvgIpc) is 3.15. The predicted molar refractivity (Wildman–Crippen MR) is 93.6 cm³/mol. The smallest absolute Gasteiger partial charge is 0.416 e. The van der Waals surface area contributed by atoms with Gasteiger partial charge in [-0.1, -0.05) is 6.08 Å². The quantitative estimate of drug-likeness (QED) is 0.669. The molecule has 0 bridgehead atoms. The molecule has 8 nitrogen and oxygen atoms in total. The molecule has 2 saturated heterocycles. The van der Waals surface area contributed by atoms with E-state index in [9.17, 15) is 14.4 Å². The largest absolute Gasteiger partial charge is 0.447 e. The first-order valence-corrected chi connectivity index (χ1v) is 8.90. The highest BCUT2D eigenvalue weighted by molar-refractivity contribution is 5.92. The van der Waals surface area contributed by atoms with Crippen LogP contribution in [0, 0.1) is 0 Å². The van der Waals surface area contributed by atoms with Crippen molar-refractivity contribution < 1.29 is 28.6 Å². The third kappa shape index (κ3) is 5.45. The molecule has 2 aliphatic heterocycles. The Hall–Kier alpha value is -2.09. The number of carbonyl (C=O) groups is 3. The van der Waals surface area contributed by atoms with E-state index in [0.717, 1.165) is 4.90 Å². The van der Waals surface area contributed by atoms with Crippen LogP contribution in [0.25, 0.3) is 0 Å². The Morgan fingerprint density at radius 3 is 2.69 bits per heavy atom. The summed E-state index contributed by atoms with van der Waals surface area (Å²) in [4.78, 5) is 38.9. The molecule has 0 saturated carbocycles. The topological polar surface area (TPSA) is 85.4 Å². The van der Waals surface area contributed by atoms with Gasteiger partial charge < -0.3 is 19.1 Å². The van der Waals surface area contributed by atoms with Gasteiger partial charge in [-0.3, -0.25) is 4.79 Å². The number of rotatable bonds is 6. The van der Waals surface area contributed by atoms with E-state index in [-0.39, 0.29) is 37.6 Å². The highest BCUT2D eigenvalue weighted by atomic mass is 16.6. The first kappa shape index (κ1) is 20.2. The first-order chi connectivity index (χ1) is 12.2. The lowest BCUT2D eigenvalue weighted by atomic mass is 10.1. The number of hydrogen-bond donors (Lipinski definition) is 0. The summed E-state index contributed by atoms with van der Waals surface area (Å²) in [6, 6.07) is -0.178. The van der Waals surface area contributed by atoms with Crippen molar-refractivity contribution in [3.05, 3.63) is 12.7 Å². The van der Waals surface area contributed by atoms with Crippen LogP contribution < -0.4 is 0 Å². The second-order valence-electron chi connectivity index (χ2n) is 7.46. The maximum absolute atomic E-state index is 12.5. The van der Waals surface area contributed by atoms with Crippen molar-refractivity contribution >= 4 is 18.1 Å².